The lowest BCUT2D eigenvalue weighted by molar-refractivity contribution is -0.274. The molecule has 11 heteroatoms. The zero-order valence-corrected chi connectivity index (χ0v) is 19.0. The topological polar surface area (TPSA) is 83.8 Å². The van der Waals surface area contributed by atoms with E-state index in [9.17, 15) is 18.0 Å². The quantitative estimate of drug-likeness (QED) is 0.387. The Hall–Kier alpha value is -4.12. The van der Waals surface area contributed by atoms with E-state index >= 15 is 0 Å². The van der Waals surface area contributed by atoms with Gasteiger partial charge in [-0.1, -0.05) is 12.1 Å². The van der Waals surface area contributed by atoms with Crippen molar-refractivity contribution in [1.29, 1.82) is 0 Å². The van der Waals surface area contributed by atoms with Gasteiger partial charge in [-0.15, -0.1) is 18.3 Å². The maximum atomic E-state index is 12.6. The highest BCUT2D eigenvalue weighted by Crippen LogP contribution is 2.30. The lowest BCUT2D eigenvalue weighted by Gasteiger charge is -2.10. The molecule has 2 aromatic heterocycles. The van der Waals surface area contributed by atoms with Crippen LogP contribution in [0.25, 0.3) is 16.8 Å². The van der Waals surface area contributed by atoms with E-state index in [-0.39, 0.29) is 11.7 Å². The number of alkyl halides is 3. The maximum absolute atomic E-state index is 12.6. The zero-order valence-electron chi connectivity index (χ0n) is 19.0. The van der Waals surface area contributed by atoms with Crippen LogP contribution in [0.15, 0.2) is 66.9 Å². The predicted molar refractivity (Wildman–Crippen MR) is 126 cm³/mol. The first-order valence-corrected chi connectivity index (χ1v) is 10.7. The molecule has 2 aromatic carbocycles. The Morgan fingerprint density at radius 3 is 2.57 bits per heavy atom. The van der Waals surface area contributed by atoms with Crippen molar-refractivity contribution in [2.75, 3.05) is 32.5 Å². The van der Waals surface area contributed by atoms with Gasteiger partial charge in [-0.05, 0) is 68.2 Å². The molecule has 0 saturated carbocycles. The average molecular weight is 484 g/mol. The fraction of sp³-hybridized carbons (Fsp3) is 0.208. The maximum Gasteiger partial charge on any atom is 0.573 e. The van der Waals surface area contributed by atoms with Gasteiger partial charge in [-0.3, -0.25) is 4.79 Å². The molecule has 0 bridgehead atoms. The van der Waals surface area contributed by atoms with Crippen LogP contribution in [0.2, 0.25) is 0 Å². The van der Waals surface area contributed by atoms with Crippen LogP contribution in [-0.4, -0.2) is 59.0 Å². The summed E-state index contributed by atoms with van der Waals surface area (Å²) in [5.41, 5.74) is 2.75. The summed E-state index contributed by atoms with van der Waals surface area (Å²) in [6.45, 7) is 1.29. The first kappa shape index (κ1) is 24.0. The average Bonchev–Trinajstić information content (AvgIpc) is 3.20. The molecule has 182 valence electrons. The molecular formula is C24H23F3N6O2. The van der Waals surface area contributed by atoms with Crippen LogP contribution in [0.4, 0.5) is 24.8 Å². The number of hydrogen-bond acceptors (Lipinski definition) is 6. The number of nitrogens with zero attached hydrogens (tertiary/aromatic N) is 4. The van der Waals surface area contributed by atoms with Gasteiger partial charge in [0.15, 0.2) is 5.65 Å². The molecule has 2 heterocycles. The second-order valence-corrected chi connectivity index (χ2v) is 7.96. The van der Waals surface area contributed by atoms with Crippen LogP contribution in [0.1, 0.15) is 10.4 Å². The van der Waals surface area contributed by atoms with E-state index in [1.807, 2.05) is 19.0 Å². The summed E-state index contributed by atoms with van der Waals surface area (Å²) >= 11 is 0. The van der Waals surface area contributed by atoms with Crippen molar-refractivity contribution >= 4 is 23.2 Å². The van der Waals surface area contributed by atoms with Crippen LogP contribution in [0, 0.1) is 0 Å². The second-order valence-electron chi connectivity index (χ2n) is 7.96. The van der Waals surface area contributed by atoms with Crippen LogP contribution in [-0.2, 0) is 0 Å². The molecule has 0 aliphatic rings. The molecule has 0 unspecified atom stereocenters. The minimum absolute atomic E-state index is 0.161. The number of carbonyl (C=O) groups is 1. The third kappa shape index (κ3) is 6.27. The molecule has 0 radical (unpaired) electrons. The number of halogens is 3. The predicted octanol–water partition coefficient (Wildman–Crippen LogP) is 4.33. The fourth-order valence-corrected chi connectivity index (χ4v) is 3.37. The van der Waals surface area contributed by atoms with Crippen molar-refractivity contribution in [2.45, 2.75) is 6.36 Å². The third-order valence-corrected chi connectivity index (χ3v) is 4.99. The van der Waals surface area contributed by atoms with E-state index in [2.05, 4.69) is 25.5 Å². The number of likely N-dealkylation sites (N-methyl/N-ethyl adjacent to an activating group) is 1. The van der Waals surface area contributed by atoms with Crippen molar-refractivity contribution < 1.29 is 22.7 Å². The number of hydrogen-bond donors (Lipinski definition) is 2. The van der Waals surface area contributed by atoms with Crippen molar-refractivity contribution in [3.63, 3.8) is 0 Å². The number of aromatic nitrogens is 3. The minimum Gasteiger partial charge on any atom is -0.406 e. The Morgan fingerprint density at radius 1 is 1.09 bits per heavy atom. The van der Waals surface area contributed by atoms with Gasteiger partial charge >= 0.3 is 6.36 Å². The van der Waals surface area contributed by atoms with Gasteiger partial charge in [0.05, 0.1) is 0 Å². The van der Waals surface area contributed by atoms with Crippen LogP contribution in [0.5, 0.6) is 5.75 Å². The fourth-order valence-electron chi connectivity index (χ4n) is 3.37. The smallest absolute Gasteiger partial charge is 0.406 e. The standard InChI is InChI=1S/C24H23F3N6O2/c1-32(2)14-12-28-22(34)16-8-10-18(11-9-16)29-23-30-21-20(7-4-13-33(21)31-23)17-5-3-6-19(15-17)35-24(25,26)27/h3-11,13,15H,12,14H2,1-2H3,(H,28,34)(H,29,31). The number of rotatable bonds is 8. The molecule has 2 N–H and O–H groups in total. The van der Waals surface area contributed by atoms with Gasteiger partial charge in [0.1, 0.15) is 5.75 Å². The molecule has 0 aliphatic heterocycles. The highest BCUT2D eigenvalue weighted by atomic mass is 19.4. The molecule has 0 aliphatic carbocycles. The lowest BCUT2D eigenvalue weighted by atomic mass is 10.1. The van der Waals surface area contributed by atoms with Crippen LogP contribution in [0.3, 0.4) is 0 Å². The zero-order chi connectivity index (χ0) is 25.0. The van der Waals surface area contributed by atoms with Crippen LogP contribution < -0.4 is 15.4 Å². The van der Waals surface area contributed by atoms with Gasteiger partial charge in [-0.2, -0.15) is 4.98 Å². The summed E-state index contributed by atoms with van der Waals surface area (Å²) in [5, 5.41) is 10.3. The number of benzene rings is 2. The Kier molecular flexibility index (Phi) is 6.87. The molecule has 8 nitrogen and oxygen atoms in total. The van der Waals surface area contributed by atoms with Crippen molar-refractivity contribution in [3.8, 4) is 16.9 Å². The molecule has 0 fully saturated rings. The van der Waals surface area contributed by atoms with E-state index in [4.69, 9.17) is 0 Å². The largest absolute Gasteiger partial charge is 0.573 e. The van der Waals surface area contributed by atoms with Gasteiger partial charge in [0.25, 0.3) is 5.91 Å². The first-order valence-electron chi connectivity index (χ1n) is 10.7. The highest BCUT2D eigenvalue weighted by molar-refractivity contribution is 5.94. The molecule has 4 aromatic rings. The summed E-state index contributed by atoms with van der Waals surface area (Å²) < 4.78 is 43.4. The number of carbonyl (C=O) groups excluding carboxylic acids is 1. The molecule has 0 spiro atoms. The molecule has 4 rings (SSSR count). The lowest BCUT2D eigenvalue weighted by Crippen LogP contribution is -2.31. The number of fused-ring (bicyclic) bond motifs is 1. The molecule has 35 heavy (non-hydrogen) atoms. The first-order chi connectivity index (χ1) is 16.7. The van der Waals surface area contributed by atoms with Crippen molar-refractivity contribution in [1.82, 2.24) is 24.8 Å². The molecule has 0 saturated heterocycles. The van der Waals surface area contributed by atoms with Gasteiger partial charge < -0.3 is 20.3 Å². The summed E-state index contributed by atoms with van der Waals surface area (Å²) in [6.07, 6.45) is -3.09. The Bertz CT molecular complexity index is 1320. The Balaban J connectivity index is 1.51. The van der Waals surface area contributed by atoms with E-state index in [0.717, 1.165) is 6.54 Å². The van der Waals surface area contributed by atoms with Gasteiger partial charge in [0.2, 0.25) is 5.95 Å². The van der Waals surface area contributed by atoms with E-state index in [1.54, 1.807) is 48.7 Å². The molecular weight excluding hydrogens is 461 g/mol. The van der Waals surface area contributed by atoms with Crippen LogP contribution >= 0.6 is 0 Å². The summed E-state index contributed by atoms with van der Waals surface area (Å²) in [6, 6.07) is 16.0. The van der Waals surface area contributed by atoms with Crippen molar-refractivity contribution in [3.05, 3.63) is 72.4 Å². The minimum atomic E-state index is -4.78. The summed E-state index contributed by atoms with van der Waals surface area (Å²) in [5.74, 6) is -0.185. The Morgan fingerprint density at radius 2 is 1.86 bits per heavy atom. The highest BCUT2D eigenvalue weighted by Gasteiger charge is 2.31. The number of pyridine rings is 1. The van der Waals surface area contributed by atoms with E-state index in [1.165, 1.54) is 22.7 Å². The second kappa shape index (κ2) is 10.0. The molecule has 0 atom stereocenters. The normalized spacial score (nSPS) is 11.6. The van der Waals surface area contributed by atoms with E-state index < -0.39 is 6.36 Å². The monoisotopic (exact) mass is 484 g/mol. The molecule has 1 amide bonds. The summed E-state index contributed by atoms with van der Waals surface area (Å²) in [4.78, 5) is 18.7. The van der Waals surface area contributed by atoms with Gasteiger partial charge in [-0.25, -0.2) is 4.52 Å². The Labute approximate surface area is 199 Å². The summed E-state index contributed by atoms with van der Waals surface area (Å²) in [7, 11) is 3.87. The van der Waals surface area contributed by atoms with Gasteiger partial charge in [0, 0.05) is 36.1 Å². The van der Waals surface area contributed by atoms with Crippen molar-refractivity contribution in [2.24, 2.45) is 0 Å². The SMILES string of the molecule is CN(C)CCNC(=O)c1ccc(Nc2nc3c(-c4cccc(OC(F)(F)F)c4)cccn3n2)cc1. The van der Waals surface area contributed by atoms with E-state index in [0.29, 0.717) is 40.5 Å². The number of anilines is 2. The number of nitrogens with one attached hydrogen (secondary N) is 2. The number of amides is 1. The third-order valence-electron chi connectivity index (χ3n) is 4.99. The number of ether oxygens (including phenoxy) is 1.